The maximum absolute atomic E-state index is 8.66. The molecule has 0 amide bonds. The van der Waals surface area contributed by atoms with Gasteiger partial charge >= 0.3 is 0 Å². The second kappa shape index (κ2) is 7.17. The van der Waals surface area contributed by atoms with Crippen LogP contribution in [0.4, 0.5) is 11.4 Å². The minimum atomic E-state index is 0.303. The number of benzene rings is 1. The van der Waals surface area contributed by atoms with E-state index >= 15 is 0 Å². The first kappa shape index (κ1) is 13.8. The van der Waals surface area contributed by atoms with Gasteiger partial charge in [-0.15, -0.1) is 0 Å². The molecule has 0 aliphatic heterocycles. The number of nitrogen functional groups attached to an aromatic ring is 1. The largest absolute Gasteiger partial charge is 0.397 e. The van der Waals surface area contributed by atoms with Gasteiger partial charge in [0, 0.05) is 13.2 Å². The van der Waals surface area contributed by atoms with Crippen LogP contribution in [0.5, 0.6) is 0 Å². The number of hydrogen-bond donors (Lipinski definition) is 3. The Bertz CT molecular complexity index is 350. The van der Waals surface area contributed by atoms with Crippen LogP contribution in [0, 0.1) is 13.8 Å². The molecular formula is C14H24N2O. The Morgan fingerprint density at radius 1 is 1.06 bits per heavy atom. The van der Waals surface area contributed by atoms with Gasteiger partial charge in [0.25, 0.3) is 0 Å². The molecule has 0 bridgehead atoms. The lowest BCUT2D eigenvalue weighted by Crippen LogP contribution is -2.05. The minimum Gasteiger partial charge on any atom is -0.397 e. The number of nitrogens with two attached hydrogens (primary N) is 1. The molecule has 3 heteroatoms. The minimum absolute atomic E-state index is 0.303. The van der Waals surface area contributed by atoms with Gasteiger partial charge < -0.3 is 16.2 Å². The van der Waals surface area contributed by atoms with Crippen LogP contribution in [0.15, 0.2) is 12.1 Å². The van der Waals surface area contributed by atoms with Crippen molar-refractivity contribution in [3.63, 3.8) is 0 Å². The molecule has 1 aromatic rings. The van der Waals surface area contributed by atoms with Gasteiger partial charge in [-0.3, -0.25) is 0 Å². The highest BCUT2D eigenvalue weighted by Crippen LogP contribution is 2.22. The molecule has 0 unspecified atom stereocenters. The molecule has 1 aromatic carbocycles. The molecule has 0 saturated heterocycles. The summed E-state index contributed by atoms with van der Waals surface area (Å²) in [7, 11) is 0. The maximum Gasteiger partial charge on any atom is 0.0576 e. The fourth-order valence-electron chi connectivity index (χ4n) is 1.81. The Hall–Kier alpha value is -1.22. The highest BCUT2D eigenvalue weighted by atomic mass is 16.2. The van der Waals surface area contributed by atoms with Crippen molar-refractivity contribution < 1.29 is 5.11 Å². The number of aryl methyl sites for hydroxylation is 2. The summed E-state index contributed by atoms with van der Waals surface area (Å²) in [5.41, 5.74) is 10.3. The van der Waals surface area contributed by atoms with Crippen molar-refractivity contribution in [3.8, 4) is 0 Å². The number of aliphatic hydroxyl groups excluding tert-OH is 1. The number of unbranched alkanes of at least 4 members (excludes halogenated alkanes) is 3. The van der Waals surface area contributed by atoms with Gasteiger partial charge in [-0.1, -0.05) is 12.8 Å². The molecular weight excluding hydrogens is 212 g/mol. The molecule has 0 saturated carbocycles. The first-order valence-electron chi connectivity index (χ1n) is 6.36. The van der Waals surface area contributed by atoms with Crippen LogP contribution in [-0.4, -0.2) is 18.3 Å². The van der Waals surface area contributed by atoms with Gasteiger partial charge in [-0.2, -0.15) is 0 Å². The van der Waals surface area contributed by atoms with Gasteiger partial charge in [0.15, 0.2) is 0 Å². The summed E-state index contributed by atoms with van der Waals surface area (Å²) in [6.45, 7) is 5.42. The smallest absolute Gasteiger partial charge is 0.0576 e. The second-order valence-electron chi connectivity index (χ2n) is 4.59. The molecule has 4 N–H and O–H groups in total. The third kappa shape index (κ3) is 4.65. The van der Waals surface area contributed by atoms with E-state index in [-0.39, 0.29) is 0 Å². The molecule has 0 aliphatic carbocycles. The predicted octanol–water partition coefficient (Wildman–Crippen LogP) is 2.85. The molecule has 1 rings (SSSR count). The highest BCUT2D eigenvalue weighted by Gasteiger charge is 2.01. The fourth-order valence-corrected chi connectivity index (χ4v) is 1.81. The summed E-state index contributed by atoms with van der Waals surface area (Å²) in [6.07, 6.45) is 4.27. The standard InChI is InChI=1S/C14H24N2O/c1-11-9-13(15)14(10-12(11)2)16-7-5-3-4-6-8-17/h9-10,16-17H,3-8,15H2,1-2H3. The fraction of sp³-hybridized carbons (Fsp3) is 0.571. The number of aliphatic hydroxyl groups is 1. The van der Waals surface area contributed by atoms with E-state index in [1.807, 2.05) is 6.07 Å². The van der Waals surface area contributed by atoms with Crippen LogP contribution in [0.3, 0.4) is 0 Å². The summed E-state index contributed by atoms with van der Waals surface area (Å²) in [6, 6.07) is 4.13. The van der Waals surface area contributed by atoms with E-state index in [1.54, 1.807) is 0 Å². The topological polar surface area (TPSA) is 58.3 Å². The van der Waals surface area contributed by atoms with Crippen molar-refractivity contribution in [1.29, 1.82) is 0 Å². The Kier molecular flexibility index (Phi) is 5.84. The molecule has 0 atom stereocenters. The average molecular weight is 236 g/mol. The van der Waals surface area contributed by atoms with Crippen molar-refractivity contribution in [3.05, 3.63) is 23.3 Å². The summed E-state index contributed by atoms with van der Waals surface area (Å²) in [5.74, 6) is 0. The molecule has 17 heavy (non-hydrogen) atoms. The molecule has 0 fully saturated rings. The number of nitrogens with one attached hydrogen (secondary N) is 1. The molecule has 0 spiro atoms. The zero-order valence-electron chi connectivity index (χ0n) is 10.9. The van der Waals surface area contributed by atoms with E-state index in [4.69, 9.17) is 10.8 Å². The zero-order chi connectivity index (χ0) is 12.7. The van der Waals surface area contributed by atoms with Crippen LogP contribution in [0.25, 0.3) is 0 Å². The Balaban J connectivity index is 2.34. The third-order valence-electron chi connectivity index (χ3n) is 3.07. The summed E-state index contributed by atoms with van der Waals surface area (Å²) in [4.78, 5) is 0. The number of rotatable bonds is 7. The second-order valence-corrected chi connectivity index (χ2v) is 4.59. The predicted molar refractivity (Wildman–Crippen MR) is 74.4 cm³/mol. The monoisotopic (exact) mass is 236 g/mol. The molecule has 0 aliphatic rings. The molecule has 0 radical (unpaired) electrons. The van der Waals surface area contributed by atoms with Crippen LogP contribution >= 0.6 is 0 Å². The van der Waals surface area contributed by atoms with Crippen molar-refractivity contribution >= 4 is 11.4 Å². The van der Waals surface area contributed by atoms with Gasteiger partial charge in [-0.25, -0.2) is 0 Å². The van der Waals surface area contributed by atoms with Crippen molar-refractivity contribution in [1.82, 2.24) is 0 Å². The first-order valence-corrected chi connectivity index (χ1v) is 6.36. The van der Waals surface area contributed by atoms with E-state index in [0.717, 1.165) is 43.6 Å². The van der Waals surface area contributed by atoms with Gasteiger partial charge in [-0.05, 0) is 49.9 Å². The summed E-state index contributed by atoms with van der Waals surface area (Å²) >= 11 is 0. The number of hydrogen-bond acceptors (Lipinski definition) is 3. The molecule has 0 aromatic heterocycles. The Labute approximate surface area is 104 Å². The lowest BCUT2D eigenvalue weighted by molar-refractivity contribution is 0.283. The van der Waals surface area contributed by atoms with Gasteiger partial charge in [0.05, 0.1) is 11.4 Å². The summed E-state index contributed by atoms with van der Waals surface area (Å²) in [5, 5.41) is 12.0. The number of anilines is 2. The molecule has 96 valence electrons. The normalized spacial score (nSPS) is 10.5. The third-order valence-corrected chi connectivity index (χ3v) is 3.07. The quantitative estimate of drug-likeness (QED) is 0.504. The van der Waals surface area contributed by atoms with Crippen molar-refractivity contribution in [2.45, 2.75) is 39.5 Å². The molecule has 3 nitrogen and oxygen atoms in total. The van der Waals surface area contributed by atoms with E-state index in [1.165, 1.54) is 11.1 Å². The van der Waals surface area contributed by atoms with E-state index in [0.29, 0.717) is 6.61 Å². The summed E-state index contributed by atoms with van der Waals surface area (Å²) < 4.78 is 0. The van der Waals surface area contributed by atoms with E-state index in [2.05, 4.69) is 25.2 Å². The Morgan fingerprint density at radius 2 is 1.71 bits per heavy atom. The van der Waals surface area contributed by atoms with Crippen LogP contribution < -0.4 is 11.1 Å². The van der Waals surface area contributed by atoms with Crippen LogP contribution in [0.2, 0.25) is 0 Å². The maximum atomic E-state index is 8.66. The SMILES string of the molecule is Cc1cc(N)c(NCCCCCCO)cc1C. The van der Waals surface area contributed by atoms with Crippen LogP contribution in [0.1, 0.15) is 36.8 Å². The van der Waals surface area contributed by atoms with Crippen molar-refractivity contribution in [2.24, 2.45) is 0 Å². The molecule has 0 heterocycles. The average Bonchev–Trinajstić information content (AvgIpc) is 2.30. The van der Waals surface area contributed by atoms with E-state index in [9.17, 15) is 0 Å². The van der Waals surface area contributed by atoms with Gasteiger partial charge in [0.2, 0.25) is 0 Å². The highest BCUT2D eigenvalue weighted by molar-refractivity contribution is 5.68. The lowest BCUT2D eigenvalue weighted by atomic mass is 10.1. The zero-order valence-corrected chi connectivity index (χ0v) is 10.9. The van der Waals surface area contributed by atoms with E-state index < -0.39 is 0 Å². The van der Waals surface area contributed by atoms with Crippen molar-refractivity contribution in [2.75, 3.05) is 24.2 Å². The van der Waals surface area contributed by atoms with Crippen LogP contribution in [-0.2, 0) is 0 Å². The lowest BCUT2D eigenvalue weighted by Gasteiger charge is -2.11. The Morgan fingerprint density at radius 3 is 2.41 bits per heavy atom. The first-order chi connectivity index (χ1) is 8.15. The van der Waals surface area contributed by atoms with Gasteiger partial charge in [0.1, 0.15) is 0 Å².